The molecule has 1 N–H and O–H groups in total. The second kappa shape index (κ2) is 5.30. The van der Waals surface area contributed by atoms with E-state index in [2.05, 4.69) is 41.6 Å². The van der Waals surface area contributed by atoms with Crippen molar-refractivity contribution in [1.82, 2.24) is 15.1 Å². The first kappa shape index (κ1) is 13.0. The number of nitrogens with zero attached hydrogens (tertiary/aromatic N) is 2. The molecule has 1 atom stereocenters. The Labute approximate surface area is 98.5 Å². The molecule has 1 aromatic heterocycles. The average molecular weight is 221 g/mol. The van der Waals surface area contributed by atoms with E-state index < -0.39 is 0 Å². The second-order valence-electron chi connectivity index (χ2n) is 4.66. The number of rotatable bonds is 6. The predicted molar refractivity (Wildman–Crippen MR) is 68.6 cm³/mol. The van der Waals surface area contributed by atoms with Crippen molar-refractivity contribution in [2.75, 3.05) is 13.6 Å². The van der Waals surface area contributed by atoms with E-state index in [4.69, 9.17) is 0 Å². The smallest absolute Gasteiger partial charge is 0.0596 e. The highest BCUT2D eigenvalue weighted by atomic mass is 15.3. The summed E-state index contributed by atoms with van der Waals surface area (Å²) in [4.78, 5) is 0. The highest BCUT2D eigenvalue weighted by molar-refractivity contribution is 5.13. The molecule has 0 aliphatic rings. The first-order chi connectivity index (χ1) is 7.54. The number of aromatic nitrogens is 2. The normalized spacial score (nSPS) is 14.8. The van der Waals surface area contributed by atoms with Crippen LogP contribution in [0.1, 0.15) is 25.2 Å². The van der Waals surface area contributed by atoms with Crippen LogP contribution >= 0.6 is 0 Å². The fourth-order valence-corrected chi connectivity index (χ4v) is 2.04. The Kier molecular flexibility index (Phi) is 4.30. The summed E-state index contributed by atoms with van der Waals surface area (Å²) >= 11 is 0. The van der Waals surface area contributed by atoms with Crippen LogP contribution in [0.5, 0.6) is 0 Å². The maximum atomic E-state index is 4.47. The molecule has 1 unspecified atom stereocenters. The van der Waals surface area contributed by atoms with Crippen molar-refractivity contribution in [3.8, 4) is 0 Å². The number of aryl methyl sites for hydroxylation is 2. The minimum absolute atomic E-state index is 0.0914. The molecule has 0 aromatic carbocycles. The Morgan fingerprint density at radius 3 is 2.81 bits per heavy atom. The van der Waals surface area contributed by atoms with Gasteiger partial charge in [-0.2, -0.15) is 5.10 Å². The second-order valence-corrected chi connectivity index (χ2v) is 4.66. The van der Waals surface area contributed by atoms with Gasteiger partial charge in [-0.3, -0.25) is 4.68 Å². The van der Waals surface area contributed by atoms with Gasteiger partial charge in [0.2, 0.25) is 0 Å². The Morgan fingerprint density at radius 1 is 1.62 bits per heavy atom. The van der Waals surface area contributed by atoms with Crippen LogP contribution in [0.15, 0.2) is 18.7 Å². The van der Waals surface area contributed by atoms with E-state index in [-0.39, 0.29) is 5.41 Å². The van der Waals surface area contributed by atoms with Gasteiger partial charge in [-0.15, -0.1) is 6.58 Å². The minimum atomic E-state index is 0.0914. The molecule has 0 bridgehead atoms. The monoisotopic (exact) mass is 221 g/mol. The summed E-state index contributed by atoms with van der Waals surface area (Å²) in [5.41, 5.74) is 2.47. The molecule has 16 heavy (non-hydrogen) atoms. The molecule has 3 nitrogen and oxygen atoms in total. The summed E-state index contributed by atoms with van der Waals surface area (Å²) in [6, 6.07) is 2.17. The van der Waals surface area contributed by atoms with Gasteiger partial charge in [0, 0.05) is 24.2 Å². The SMILES string of the molecule is C=CC(C)(CNC)Cc1cc(C)nn1CC. The summed E-state index contributed by atoms with van der Waals surface area (Å²) in [5, 5.41) is 7.69. The molecule has 0 radical (unpaired) electrons. The van der Waals surface area contributed by atoms with Gasteiger partial charge in [0.05, 0.1) is 5.69 Å². The number of nitrogens with one attached hydrogen (secondary N) is 1. The van der Waals surface area contributed by atoms with Gasteiger partial charge in [0.1, 0.15) is 0 Å². The maximum absolute atomic E-state index is 4.47. The van der Waals surface area contributed by atoms with Gasteiger partial charge in [-0.1, -0.05) is 13.0 Å². The zero-order valence-corrected chi connectivity index (χ0v) is 10.9. The Hall–Kier alpha value is -1.09. The first-order valence-electron chi connectivity index (χ1n) is 5.86. The van der Waals surface area contributed by atoms with Crippen molar-refractivity contribution in [3.63, 3.8) is 0 Å². The van der Waals surface area contributed by atoms with Crippen LogP contribution in [0.4, 0.5) is 0 Å². The van der Waals surface area contributed by atoms with Crippen molar-refractivity contribution in [3.05, 3.63) is 30.1 Å². The first-order valence-corrected chi connectivity index (χ1v) is 5.86. The molecule has 0 aliphatic carbocycles. The molecule has 0 aliphatic heterocycles. The molecule has 0 amide bonds. The molecule has 0 saturated carbocycles. The molecular formula is C13H23N3. The largest absolute Gasteiger partial charge is 0.319 e. The summed E-state index contributed by atoms with van der Waals surface area (Å²) in [5.74, 6) is 0. The molecular weight excluding hydrogens is 198 g/mol. The highest BCUT2D eigenvalue weighted by Gasteiger charge is 2.22. The molecule has 90 valence electrons. The third-order valence-corrected chi connectivity index (χ3v) is 2.94. The molecule has 0 fully saturated rings. The quantitative estimate of drug-likeness (QED) is 0.746. The lowest BCUT2D eigenvalue weighted by Gasteiger charge is -2.25. The predicted octanol–water partition coefficient (Wildman–Crippen LogP) is 2.17. The third-order valence-electron chi connectivity index (χ3n) is 2.94. The van der Waals surface area contributed by atoms with E-state index in [1.165, 1.54) is 5.69 Å². The third kappa shape index (κ3) is 2.95. The van der Waals surface area contributed by atoms with E-state index in [9.17, 15) is 0 Å². The van der Waals surface area contributed by atoms with Crippen LogP contribution in [0, 0.1) is 12.3 Å². The van der Waals surface area contributed by atoms with Crippen LogP contribution in [0.25, 0.3) is 0 Å². The fourth-order valence-electron chi connectivity index (χ4n) is 2.04. The lowest BCUT2D eigenvalue weighted by atomic mass is 9.85. The van der Waals surface area contributed by atoms with E-state index in [0.717, 1.165) is 25.2 Å². The molecule has 0 saturated heterocycles. The van der Waals surface area contributed by atoms with Gasteiger partial charge in [-0.05, 0) is 33.4 Å². The van der Waals surface area contributed by atoms with E-state index in [1.807, 2.05) is 20.0 Å². The lowest BCUT2D eigenvalue weighted by Crippen LogP contribution is -2.30. The minimum Gasteiger partial charge on any atom is -0.319 e. The van der Waals surface area contributed by atoms with E-state index in [1.54, 1.807) is 0 Å². The van der Waals surface area contributed by atoms with Crippen LogP contribution < -0.4 is 5.32 Å². The summed E-state index contributed by atoms with van der Waals surface area (Å²) in [7, 11) is 1.98. The van der Waals surface area contributed by atoms with Crippen LogP contribution in [0.2, 0.25) is 0 Å². The topological polar surface area (TPSA) is 29.9 Å². The van der Waals surface area contributed by atoms with Crippen molar-refractivity contribution in [2.24, 2.45) is 5.41 Å². The van der Waals surface area contributed by atoms with E-state index >= 15 is 0 Å². The van der Waals surface area contributed by atoms with Crippen LogP contribution in [0.3, 0.4) is 0 Å². The summed E-state index contributed by atoms with van der Waals surface area (Å²) in [6.45, 7) is 12.2. The van der Waals surface area contributed by atoms with E-state index in [0.29, 0.717) is 0 Å². The molecule has 1 heterocycles. The van der Waals surface area contributed by atoms with Gasteiger partial charge >= 0.3 is 0 Å². The maximum Gasteiger partial charge on any atom is 0.0596 e. The molecule has 3 heteroatoms. The molecule has 1 rings (SSSR count). The van der Waals surface area contributed by atoms with Crippen LogP contribution in [-0.4, -0.2) is 23.4 Å². The summed E-state index contributed by atoms with van der Waals surface area (Å²) in [6.07, 6.45) is 3.01. The zero-order chi connectivity index (χ0) is 12.2. The average Bonchev–Trinajstić information content (AvgIpc) is 2.59. The van der Waals surface area contributed by atoms with Gasteiger partial charge in [0.25, 0.3) is 0 Å². The van der Waals surface area contributed by atoms with Gasteiger partial charge < -0.3 is 5.32 Å². The van der Waals surface area contributed by atoms with Gasteiger partial charge in [-0.25, -0.2) is 0 Å². The van der Waals surface area contributed by atoms with Crippen molar-refractivity contribution in [1.29, 1.82) is 0 Å². The van der Waals surface area contributed by atoms with Crippen molar-refractivity contribution < 1.29 is 0 Å². The molecule has 1 aromatic rings. The number of hydrogen-bond acceptors (Lipinski definition) is 2. The number of hydrogen-bond donors (Lipinski definition) is 1. The fraction of sp³-hybridized carbons (Fsp3) is 0.615. The zero-order valence-electron chi connectivity index (χ0n) is 10.9. The van der Waals surface area contributed by atoms with Gasteiger partial charge in [0.15, 0.2) is 0 Å². The van der Waals surface area contributed by atoms with Crippen LogP contribution in [-0.2, 0) is 13.0 Å². The Bertz CT molecular complexity index is 354. The standard InChI is InChI=1S/C13H23N3/c1-6-13(4,10-14-5)9-12-8-11(3)15-16(12)7-2/h6,8,14H,1,7,9-10H2,2-5H3. The van der Waals surface area contributed by atoms with Crippen molar-refractivity contribution >= 4 is 0 Å². The lowest BCUT2D eigenvalue weighted by molar-refractivity contribution is 0.391. The Morgan fingerprint density at radius 2 is 2.31 bits per heavy atom. The summed E-state index contributed by atoms with van der Waals surface area (Å²) < 4.78 is 2.08. The highest BCUT2D eigenvalue weighted by Crippen LogP contribution is 2.23. The Balaban J connectivity index is 2.88. The van der Waals surface area contributed by atoms with Crippen molar-refractivity contribution in [2.45, 2.75) is 33.7 Å². The molecule has 0 spiro atoms.